The molecule has 0 aliphatic rings. The summed E-state index contributed by atoms with van der Waals surface area (Å²) in [6.45, 7) is 5.70. The van der Waals surface area contributed by atoms with Gasteiger partial charge in [0.15, 0.2) is 0 Å². The third kappa shape index (κ3) is 3.68. The van der Waals surface area contributed by atoms with Gasteiger partial charge < -0.3 is 0 Å². The quantitative estimate of drug-likeness (QED) is 0.463. The minimum Gasteiger partial charge on any atom is -0.107 e. The molecule has 0 amide bonds. The van der Waals surface area contributed by atoms with E-state index in [4.69, 9.17) is 6.42 Å². The van der Waals surface area contributed by atoms with Gasteiger partial charge in [-0.25, -0.2) is 0 Å². The lowest BCUT2D eigenvalue weighted by atomic mass is 9.91. The van der Waals surface area contributed by atoms with E-state index in [0.717, 1.165) is 6.42 Å². The van der Waals surface area contributed by atoms with Crippen LogP contribution in [-0.4, -0.2) is 0 Å². The van der Waals surface area contributed by atoms with Crippen molar-refractivity contribution in [3.8, 4) is 17.8 Å². The zero-order chi connectivity index (χ0) is 7.33. The molecule has 0 spiro atoms. The van der Waals surface area contributed by atoms with E-state index in [9.17, 15) is 0 Å². The molecular weight excluding hydrogens is 108 g/mol. The summed E-state index contributed by atoms with van der Waals surface area (Å²) in [5.41, 5.74) is -0.164. The first-order valence-corrected chi connectivity index (χ1v) is 2.96. The van der Waals surface area contributed by atoms with E-state index in [1.165, 1.54) is 0 Å². The fraction of sp³-hybridized carbons (Fsp3) is 0.556. The molecule has 0 aliphatic heterocycles. The van der Waals surface area contributed by atoms with Crippen LogP contribution in [0.15, 0.2) is 0 Å². The summed E-state index contributed by atoms with van der Waals surface area (Å²) in [4.78, 5) is 0. The van der Waals surface area contributed by atoms with Gasteiger partial charge in [0.2, 0.25) is 0 Å². The van der Waals surface area contributed by atoms with E-state index in [1.807, 2.05) is 13.8 Å². The maximum absolute atomic E-state index is 6.87. The molecule has 0 aliphatic carbocycles. The lowest BCUT2D eigenvalue weighted by molar-refractivity contribution is 0.521. The van der Waals surface area contributed by atoms with Gasteiger partial charge in [-0.1, -0.05) is 5.92 Å². The van der Waals surface area contributed by atoms with Crippen molar-refractivity contribution < 1.29 is 0 Å². The van der Waals surface area contributed by atoms with Crippen molar-refractivity contribution >= 4 is 0 Å². The second kappa shape index (κ2) is 3.21. The van der Waals surface area contributed by atoms with Crippen LogP contribution in [0.2, 0.25) is 0 Å². The van der Waals surface area contributed by atoms with Crippen molar-refractivity contribution in [2.45, 2.75) is 27.2 Å². The molecule has 0 saturated heterocycles. The molecule has 0 atom stereocenters. The minimum absolute atomic E-state index is 0.164. The molecule has 0 rings (SSSR count). The van der Waals surface area contributed by atoms with Crippen LogP contribution in [0, 0.1) is 29.6 Å². The molecule has 0 unspecified atom stereocenters. The van der Waals surface area contributed by atoms with Crippen molar-refractivity contribution in [1.82, 2.24) is 0 Å². The zero-order valence-corrected chi connectivity index (χ0v) is 6.21. The molecule has 9 heavy (non-hydrogen) atoms. The normalized spacial score (nSPS) is 9.11. The van der Waals surface area contributed by atoms with Crippen molar-refractivity contribution in [2.24, 2.45) is 5.41 Å². The van der Waals surface area contributed by atoms with E-state index in [-0.39, 0.29) is 5.41 Å². The summed E-state index contributed by atoms with van der Waals surface area (Å²) >= 11 is 0. The summed E-state index contributed by atoms with van der Waals surface area (Å²) in [5.74, 6) is 8.12. The number of hydrogen-bond donors (Lipinski definition) is 0. The van der Waals surface area contributed by atoms with Gasteiger partial charge in [-0.2, -0.15) is 0 Å². The van der Waals surface area contributed by atoms with E-state index >= 15 is 0 Å². The van der Waals surface area contributed by atoms with Crippen molar-refractivity contribution in [1.29, 1.82) is 0 Å². The average molecular weight is 119 g/mol. The SMILES string of the molecule is [C]#CC(C)(C)CC#CC. The lowest BCUT2D eigenvalue weighted by Crippen LogP contribution is -2.05. The van der Waals surface area contributed by atoms with Gasteiger partial charge in [-0.3, -0.25) is 0 Å². The van der Waals surface area contributed by atoms with Crippen LogP contribution < -0.4 is 0 Å². The fourth-order valence-electron chi connectivity index (χ4n) is 0.354. The standard InChI is InChI=1S/C9H11/c1-5-7-8-9(3,4)6-2/h8H2,1,3-4H3. The van der Waals surface area contributed by atoms with Crippen molar-refractivity contribution in [3.63, 3.8) is 0 Å². The third-order valence-electron chi connectivity index (χ3n) is 1.05. The molecule has 0 aromatic carbocycles. The smallest absolute Gasteiger partial charge is 0.0377 e. The van der Waals surface area contributed by atoms with Gasteiger partial charge in [0, 0.05) is 11.8 Å². The summed E-state index contributed by atoms with van der Waals surface area (Å²) < 4.78 is 0. The average Bonchev–Trinajstić information content (AvgIpc) is 1.84. The minimum atomic E-state index is -0.164. The topological polar surface area (TPSA) is 0 Å². The summed E-state index contributed by atoms with van der Waals surface area (Å²) in [5, 5.41) is 0. The molecule has 0 bridgehead atoms. The Morgan fingerprint density at radius 3 is 2.33 bits per heavy atom. The Labute approximate surface area is 57.7 Å². The first-order chi connectivity index (χ1) is 4.12. The summed E-state index contributed by atoms with van der Waals surface area (Å²) in [7, 11) is 0. The van der Waals surface area contributed by atoms with Crippen LogP contribution in [-0.2, 0) is 0 Å². The Hall–Kier alpha value is -0.880. The zero-order valence-electron chi connectivity index (χ0n) is 6.21. The molecule has 0 N–H and O–H groups in total. The second-order valence-electron chi connectivity index (χ2n) is 2.61. The lowest BCUT2D eigenvalue weighted by Gasteiger charge is -2.11. The molecule has 0 saturated carbocycles. The van der Waals surface area contributed by atoms with Crippen molar-refractivity contribution in [2.75, 3.05) is 0 Å². The van der Waals surface area contributed by atoms with Crippen LogP contribution in [0.1, 0.15) is 27.2 Å². The Kier molecular flexibility index (Phi) is 2.89. The first-order valence-electron chi connectivity index (χ1n) is 2.96. The first kappa shape index (κ1) is 8.12. The van der Waals surface area contributed by atoms with Crippen LogP contribution >= 0.6 is 0 Å². The largest absolute Gasteiger partial charge is 0.107 e. The highest BCUT2D eigenvalue weighted by Crippen LogP contribution is 2.16. The Balaban J connectivity index is 3.86. The van der Waals surface area contributed by atoms with Gasteiger partial charge >= 0.3 is 0 Å². The number of hydrogen-bond acceptors (Lipinski definition) is 0. The molecule has 0 fully saturated rings. The molecule has 0 aromatic heterocycles. The summed E-state index contributed by atoms with van der Waals surface area (Å²) in [6, 6.07) is 0. The predicted molar refractivity (Wildman–Crippen MR) is 39.0 cm³/mol. The maximum atomic E-state index is 6.87. The van der Waals surface area contributed by atoms with E-state index < -0.39 is 0 Å². The fourth-order valence-corrected chi connectivity index (χ4v) is 0.354. The van der Waals surface area contributed by atoms with Crippen LogP contribution in [0.25, 0.3) is 0 Å². The van der Waals surface area contributed by atoms with Gasteiger partial charge in [0.05, 0.1) is 0 Å². The van der Waals surface area contributed by atoms with Crippen molar-refractivity contribution in [3.05, 3.63) is 6.42 Å². The Morgan fingerprint density at radius 1 is 1.44 bits per heavy atom. The van der Waals surface area contributed by atoms with Gasteiger partial charge in [0.25, 0.3) is 0 Å². The monoisotopic (exact) mass is 119 g/mol. The molecule has 0 heterocycles. The Bertz CT molecular complexity index is 168. The van der Waals surface area contributed by atoms with E-state index in [0.29, 0.717) is 0 Å². The Morgan fingerprint density at radius 2 is 2.00 bits per heavy atom. The van der Waals surface area contributed by atoms with Gasteiger partial charge in [-0.05, 0) is 27.2 Å². The van der Waals surface area contributed by atoms with Crippen LogP contribution in [0.5, 0.6) is 0 Å². The summed E-state index contributed by atoms with van der Waals surface area (Å²) in [6.07, 6.45) is 7.60. The van der Waals surface area contributed by atoms with Gasteiger partial charge in [0.1, 0.15) is 0 Å². The molecule has 0 nitrogen and oxygen atoms in total. The number of rotatable bonds is 1. The second-order valence-corrected chi connectivity index (χ2v) is 2.61. The van der Waals surface area contributed by atoms with Crippen LogP contribution in [0.3, 0.4) is 0 Å². The third-order valence-corrected chi connectivity index (χ3v) is 1.05. The van der Waals surface area contributed by atoms with Crippen LogP contribution in [0.4, 0.5) is 0 Å². The molecular formula is C9H11. The highest BCUT2D eigenvalue weighted by atomic mass is 14.1. The molecule has 0 aromatic rings. The predicted octanol–water partition coefficient (Wildman–Crippen LogP) is 2.02. The highest BCUT2D eigenvalue weighted by Gasteiger charge is 2.10. The molecule has 47 valence electrons. The highest BCUT2D eigenvalue weighted by molar-refractivity contribution is 5.06. The van der Waals surface area contributed by atoms with E-state index in [2.05, 4.69) is 17.8 Å². The molecule has 0 heteroatoms. The maximum Gasteiger partial charge on any atom is 0.0377 e. The van der Waals surface area contributed by atoms with E-state index in [1.54, 1.807) is 6.92 Å². The molecule has 1 radical (unpaired) electrons. The van der Waals surface area contributed by atoms with Gasteiger partial charge in [-0.15, -0.1) is 11.8 Å².